The van der Waals surface area contributed by atoms with Crippen LogP contribution in [-0.4, -0.2) is 41.3 Å². The van der Waals surface area contributed by atoms with E-state index in [0.717, 1.165) is 19.4 Å². The average molecular weight is 328 g/mol. The summed E-state index contributed by atoms with van der Waals surface area (Å²) >= 11 is 0. The molecule has 1 aliphatic heterocycles. The standard InChI is InChI=1S/C15H24N2O4S/c1-10-8-13(20-3)14(21-4)9-15(10)22(18,19)17-12-6-5-7-16-11(12)2/h8-9,11-12,16-17H,5-7H2,1-4H3. The Morgan fingerprint density at radius 3 is 2.45 bits per heavy atom. The fourth-order valence-corrected chi connectivity index (χ4v) is 4.31. The van der Waals surface area contributed by atoms with Crippen molar-refractivity contribution in [3.05, 3.63) is 17.7 Å². The van der Waals surface area contributed by atoms with Crippen LogP contribution in [0.5, 0.6) is 11.5 Å². The van der Waals surface area contributed by atoms with Gasteiger partial charge >= 0.3 is 0 Å². The summed E-state index contributed by atoms with van der Waals surface area (Å²) < 4.78 is 38.6. The molecule has 0 bridgehead atoms. The minimum atomic E-state index is -3.61. The summed E-state index contributed by atoms with van der Waals surface area (Å²) in [6.45, 7) is 4.67. The van der Waals surface area contributed by atoms with E-state index in [2.05, 4.69) is 10.0 Å². The first-order valence-electron chi connectivity index (χ1n) is 7.37. The summed E-state index contributed by atoms with van der Waals surface area (Å²) in [5, 5.41) is 3.29. The highest BCUT2D eigenvalue weighted by Gasteiger charge is 2.28. The Labute approximate surface area is 132 Å². The Hall–Kier alpha value is -1.31. The molecule has 0 radical (unpaired) electrons. The van der Waals surface area contributed by atoms with Crippen LogP contribution in [0, 0.1) is 6.92 Å². The van der Waals surface area contributed by atoms with Gasteiger partial charge in [0.1, 0.15) is 0 Å². The third-order valence-electron chi connectivity index (χ3n) is 4.04. The van der Waals surface area contributed by atoms with E-state index in [1.165, 1.54) is 20.3 Å². The van der Waals surface area contributed by atoms with E-state index in [-0.39, 0.29) is 17.0 Å². The monoisotopic (exact) mass is 328 g/mol. The topological polar surface area (TPSA) is 76.7 Å². The molecule has 124 valence electrons. The quantitative estimate of drug-likeness (QED) is 0.855. The lowest BCUT2D eigenvalue weighted by molar-refractivity contribution is 0.347. The van der Waals surface area contributed by atoms with Gasteiger partial charge in [0.25, 0.3) is 0 Å². The maximum atomic E-state index is 12.7. The first-order chi connectivity index (χ1) is 10.4. The molecule has 7 heteroatoms. The fraction of sp³-hybridized carbons (Fsp3) is 0.600. The Balaban J connectivity index is 2.32. The number of nitrogens with one attached hydrogen (secondary N) is 2. The second kappa shape index (κ2) is 6.85. The Kier molecular flexibility index (Phi) is 5.31. The number of rotatable bonds is 5. The Morgan fingerprint density at radius 2 is 1.86 bits per heavy atom. The third kappa shape index (κ3) is 3.53. The van der Waals surface area contributed by atoms with Gasteiger partial charge in [-0.15, -0.1) is 0 Å². The molecule has 0 aromatic heterocycles. The van der Waals surface area contributed by atoms with Crippen molar-refractivity contribution in [2.24, 2.45) is 0 Å². The molecule has 6 nitrogen and oxygen atoms in total. The second-order valence-electron chi connectivity index (χ2n) is 5.59. The van der Waals surface area contributed by atoms with Crippen molar-refractivity contribution in [1.29, 1.82) is 0 Å². The molecular weight excluding hydrogens is 304 g/mol. The third-order valence-corrected chi connectivity index (χ3v) is 5.67. The summed E-state index contributed by atoms with van der Waals surface area (Å²) in [6.07, 6.45) is 1.79. The molecule has 2 rings (SSSR count). The minimum Gasteiger partial charge on any atom is -0.493 e. The van der Waals surface area contributed by atoms with Crippen LogP contribution >= 0.6 is 0 Å². The fourth-order valence-electron chi connectivity index (χ4n) is 2.72. The lowest BCUT2D eigenvalue weighted by atomic mass is 10.0. The van der Waals surface area contributed by atoms with Gasteiger partial charge in [0.2, 0.25) is 10.0 Å². The predicted molar refractivity (Wildman–Crippen MR) is 85.1 cm³/mol. The van der Waals surface area contributed by atoms with Gasteiger partial charge in [0.15, 0.2) is 11.5 Å². The molecule has 2 atom stereocenters. The lowest BCUT2D eigenvalue weighted by Crippen LogP contribution is -2.51. The van der Waals surface area contributed by atoms with Gasteiger partial charge in [-0.25, -0.2) is 13.1 Å². The molecule has 2 unspecified atom stereocenters. The van der Waals surface area contributed by atoms with Crippen molar-refractivity contribution in [2.75, 3.05) is 20.8 Å². The predicted octanol–water partition coefficient (Wildman–Crippen LogP) is 1.43. The van der Waals surface area contributed by atoms with E-state index in [0.29, 0.717) is 17.1 Å². The van der Waals surface area contributed by atoms with E-state index in [9.17, 15) is 8.42 Å². The number of methoxy groups -OCH3 is 2. The van der Waals surface area contributed by atoms with E-state index >= 15 is 0 Å². The highest BCUT2D eigenvalue weighted by atomic mass is 32.2. The van der Waals surface area contributed by atoms with E-state index in [1.807, 2.05) is 6.92 Å². The molecule has 1 saturated heterocycles. The average Bonchev–Trinajstić information content (AvgIpc) is 2.48. The van der Waals surface area contributed by atoms with Gasteiger partial charge < -0.3 is 14.8 Å². The van der Waals surface area contributed by atoms with Crippen LogP contribution in [0.1, 0.15) is 25.3 Å². The van der Waals surface area contributed by atoms with Gasteiger partial charge in [-0.3, -0.25) is 0 Å². The van der Waals surface area contributed by atoms with Gasteiger partial charge in [-0.1, -0.05) is 0 Å². The summed E-state index contributed by atoms with van der Waals surface area (Å²) in [6, 6.07) is 3.20. The molecular formula is C15H24N2O4S. The molecule has 1 aromatic rings. The highest BCUT2D eigenvalue weighted by molar-refractivity contribution is 7.89. The molecule has 0 aliphatic carbocycles. The molecule has 1 aromatic carbocycles. The van der Waals surface area contributed by atoms with E-state index in [1.54, 1.807) is 13.0 Å². The van der Waals surface area contributed by atoms with Crippen LogP contribution in [0.2, 0.25) is 0 Å². The molecule has 1 aliphatic rings. The van der Waals surface area contributed by atoms with Crippen molar-refractivity contribution in [3.63, 3.8) is 0 Å². The van der Waals surface area contributed by atoms with Crippen LogP contribution in [0.25, 0.3) is 0 Å². The van der Waals surface area contributed by atoms with Gasteiger partial charge in [0, 0.05) is 18.2 Å². The first kappa shape index (κ1) is 17.1. The molecule has 1 fully saturated rings. The number of hydrogen-bond donors (Lipinski definition) is 2. The molecule has 22 heavy (non-hydrogen) atoms. The Morgan fingerprint density at radius 1 is 1.23 bits per heavy atom. The van der Waals surface area contributed by atoms with Crippen molar-refractivity contribution in [1.82, 2.24) is 10.0 Å². The maximum absolute atomic E-state index is 12.7. The van der Waals surface area contributed by atoms with Crippen LogP contribution in [0.15, 0.2) is 17.0 Å². The van der Waals surface area contributed by atoms with Crippen LogP contribution < -0.4 is 19.5 Å². The summed E-state index contributed by atoms with van der Waals surface area (Å²) in [7, 11) is -0.590. The zero-order chi connectivity index (χ0) is 16.3. The van der Waals surface area contributed by atoms with Gasteiger partial charge in [-0.05, 0) is 44.9 Å². The summed E-state index contributed by atoms with van der Waals surface area (Å²) in [4.78, 5) is 0.225. The number of hydrogen-bond acceptors (Lipinski definition) is 5. The number of piperidine rings is 1. The van der Waals surface area contributed by atoms with Crippen LogP contribution in [0.3, 0.4) is 0 Å². The maximum Gasteiger partial charge on any atom is 0.241 e. The molecule has 0 saturated carbocycles. The minimum absolute atomic E-state index is 0.105. The van der Waals surface area contributed by atoms with Gasteiger partial charge in [0.05, 0.1) is 19.1 Å². The highest BCUT2D eigenvalue weighted by Crippen LogP contribution is 2.32. The number of aryl methyl sites for hydroxylation is 1. The normalized spacial score (nSPS) is 22.4. The first-order valence-corrected chi connectivity index (χ1v) is 8.85. The SMILES string of the molecule is COc1cc(C)c(S(=O)(=O)NC2CCCNC2C)cc1OC. The number of ether oxygens (including phenoxy) is 2. The zero-order valence-electron chi connectivity index (χ0n) is 13.5. The molecule has 0 spiro atoms. The zero-order valence-corrected chi connectivity index (χ0v) is 14.3. The summed E-state index contributed by atoms with van der Waals surface area (Å²) in [5.74, 6) is 0.926. The van der Waals surface area contributed by atoms with Crippen molar-refractivity contribution in [3.8, 4) is 11.5 Å². The molecule has 2 N–H and O–H groups in total. The van der Waals surface area contributed by atoms with E-state index < -0.39 is 10.0 Å². The smallest absolute Gasteiger partial charge is 0.241 e. The van der Waals surface area contributed by atoms with Crippen LogP contribution in [0.4, 0.5) is 0 Å². The van der Waals surface area contributed by atoms with Crippen molar-refractivity contribution < 1.29 is 17.9 Å². The molecule has 1 heterocycles. The lowest BCUT2D eigenvalue weighted by Gasteiger charge is -2.30. The largest absolute Gasteiger partial charge is 0.493 e. The van der Waals surface area contributed by atoms with Crippen LogP contribution in [-0.2, 0) is 10.0 Å². The van der Waals surface area contributed by atoms with E-state index in [4.69, 9.17) is 9.47 Å². The van der Waals surface area contributed by atoms with Crippen molar-refractivity contribution in [2.45, 2.75) is 43.7 Å². The van der Waals surface area contributed by atoms with Crippen molar-refractivity contribution >= 4 is 10.0 Å². The number of benzene rings is 1. The second-order valence-corrected chi connectivity index (χ2v) is 7.27. The number of sulfonamides is 1. The summed E-state index contributed by atoms with van der Waals surface area (Å²) in [5.41, 5.74) is 0.626. The van der Waals surface area contributed by atoms with Gasteiger partial charge in [-0.2, -0.15) is 0 Å². The molecule has 0 amide bonds. The Bertz CT molecular complexity index is 631.